The van der Waals surface area contributed by atoms with Gasteiger partial charge in [0, 0.05) is 15.8 Å². The Morgan fingerprint density at radius 3 is 2.91 bits per heavy atom. The van der Waals surface area contributed by atoms with E-state index in [9.17, 15) is 4.79 Å². The summed E-state index contributed by atoms with van der Waals surface area (Å²) in [4.78, 5) is 25.2. The number of rotatable bonds is 3. The van der Waals surface area contributed by atoms with Crippen molar-refractivity contribution in [2.75, 3.05) is 12.6 Å². The quantitative estimate of drug-likeness (QED) is 0.785. The van der Waals surface area contributed by atoms with E-state index in [0.717, 1.165) is 50.9 Å². The molecule has 2 aliphatic rings. The van der Waals surface area contributed by atoms with E-state index in [-0.39, 0.29) is 5.91 Å². The Hall–Kier alpha value is -2.66. The SMILES string of the molecule is CONc1c(C2=c3ccc(C)cc3=NC2=O)[nH]c2c1=CCCC=2. The van der Waals surface area contributed by atoms with E-state index in [4.69, 9.17) is 4.84 Å². The van der Waals surface area contributed by atoms with Gasteiger partial charge in [0.1, 0.15) is 0 Å². The zero-order chi connectivity index (χ0) is 16.0. The predicted molar refractivity (Wildman–Crippen MR) is 88.3 cm³/mol. The lowest BCUT2D eigenvalue weighted by Gasteiger charge is -2.05. The number of fused-ring (bicyclic) bond motifs is 2. The van der Waals surface area contributed by atoms with Gasteiger partial charge in [0.15, 0.2) is 0 Å². The maximum Gasteiger partial charge on any atom is 0.280 e. The molecule has 2 N–H and O–H groups in total. The van der Waals surface area contributed by atoms with Gasteiger partial charge in [-0.15, -0.1) is 0 Å². The van der Waals surface area contributed by atoms with Crippen LogP contribution < -0.4 is 26.6 Å². The third-order valence-corrected chi connectivity index (χ3v) is 4.25. The smallest absolute Gasteiger partial charge is 0.280 e. The molecule has 23 heavy (non-hydrogen) atoms. The number of aromatic nitrogens is 1. The number of nitrogens with zero attached hydrogens (tertiary/aromatic N) is 1. The van der Waals surface area contributed by atoms with Crippen LogP contribution in [0.3, 0.4) is 0 Å². The van der Waals surface area contributed by atoms with Crippen LogP contribution in [0.4, 0.5) is 5.69 Å². The first-order valence-corrected chi connectivity index (χ1v) is 7.65. The summed E-state index contributed by atoms with van der Waals surface area (Å²) in [6, 6.07) is 5.89. The van der Waals surface area contributed by atoms with Gasteiger partial charge in [-0.1, -0.05) is 24.3 Å². The number of aryl methyl sites for hydroxylation is 1. The van der Waals surface area contributed by atoms with Crippen LogP contribution in [0.5, 0.6) is 0 Å². The molecule has 5 nitrogen and oxygen atoms in total. The van der Waals surface area contributed by atoms with Crippen LogP contribution in [-0.2, 0) is 9.63 Å². The maximum atomic E-state index is 12.5. The van der Waals surface area contributed by atoms with E-state index in [1.54, 1.807) is 7.11 Å². The Bertz CT molecular complexity index is 1060. The lowest BCUT2D eigenvalue weighted by Crippen LogP contribution is -2.26. The van der Waals surface area contributed by atoms with Gasteiger partial charge >= 0.3 is 0 Å². The first-order valence-electron chi connectivity index (χ1n) is 7.65. The van der Waals surface area contributed by atoms with Gasteiger partial charge < -0.3 is 4.98 Å². The molecule has 1 aromatic heterocycles. The number of hydrogen-bond acceptors (Lipinski definition) is 3. The second-order valence-corrected chi connectivity index (χ2v) is 5.81. The fraction of sp³-hybridized carbons (Fsp3) is 0.222. The predicted octanol–water partition coefficient (Wildman–Crippen LogP) is 0.0100. The van der Waals surface area contributed by atoms with Crippen LogP contribution in [0.2, 0.25) is 0 Å². The second-order valence-electron chi connectivity index (χ2n) is 5.81. The zero-order valence-electron chi connectivity index (χ0n) is 13.1. The minimum absolute atomic E-state index is 0.219. The fourth-order valence-corrected chi connectivity index (χ4v) is 3.23. The summed E-state index contributed by atoms with van der Waals surface area (Å²) < 4.78 is 0. The molecule has 5 heteroatoms. The van der Waals surface area contributed by atoms with Gasteiger partial charge in [0.05, 0.1) is 29.4 Å². The van der Waals surface area contributed by atoms with Crippen molar-refractivity contribution in [3.8, 4) is 0 Å². The Morgan fingerprint density at radius 2 is 2.09 bits per heavy atom. The van der Waals surface area contributed by atoms with E-state index in [1.165, 1.54) is 0 Å². The van der Waals surface area contributed by atoms with Gasteiger partial charge in [0.2, 0.25) is 0 Å². The number of amides is 1. The summed E-state index contributed by atoms with van der Waals surface area (Å²) in [5.74, 6) is -0.219. The molecule has 0 bridgehead atoms. The van der Waals surface area contributed by atoms with Crippen molar-refractivity contribution in [1.82, 2.24) is 4.98 Å². The van der Waals surface area contributed by atoms with Crippen LogP contribution in [0.15, 0.2) is 23.2 Å². The van der Waals surface area contributed by atoms with Gasteiger partial charge in [0.25, 0.3) is 5.91 Å². The maximum absolute atomic E-state index is 12.5. The minimum Gasteiger partial charge on any atom is -0.353 e. The normalized spacial score (nSPS) is 15.4. The minimum atomic E-state index is -0.219. The monoisotopic (exact) mass is 307 g/mol. The standard InChI is InChI=1S/C18H17N3O2/c1-10-7-8-11-14(9-10)20-18(22)15(11)17-16(21-23-2)12-5-3-4-6-13(12)19-17/h5-9,19,21H,3-4H2,1-2H3. The number of H-pyrrole nitrogens is 1. The first-order chi connectivity index (χ1) is 11.2. The van der Waals surface area contributed by atoms with Crippen LogP contribution in [-0.4, -0.2) is 18.0 Å². The number of hydrogen-bond donors (Lipinski definition) is 2. The lowest BCUT2D eigenvalue weighted by molar-refractivity contribution is -0.112. The van der Waals surface area contributed by atoms with Crippen molar-refractivity contribution < 1.29 is 9.63 Å². The molecule has 0 saturated carbocycles. The van der Waals surface area contributed by atoms with Crippen LogP contribution in [0.1, 0.15) is 24.1 Å². The van der Waals surface area contributed by atoms with Gasteiger partial charge in [-0.3, -0.25) is 15.1 Å². The molecule has 116 valence electrons. The molecule has 0 spiro atoms. The summed E-state index contributed by atoms with van der Waals surface area (Å²) in [6.45, 7) is 1.99. The number of aromatic amines is 1. The number of benzene rings is 1. The molecule has 4 rings (SSSR count). The Morgan fingerprint density at radius 1 is 1.26 bits per heavy atom. The van der Waals surface area contributed by atoms with E-state index < -0.39 is 0 Å². The van der Waals surface area contributed by atoms with Crippen LogP contribution in [0.25, 0.3) is 17.7 Å². The number of nitrogens with one attached hydrogen (secondary N) is 2. The topological polar surface area (TPSA) is 66.5 Å². The average Bonchev–Trinajstić information content (AvgIpc) is 3.04. The Kier molecular flexibility index (Phi) is 3.16. The first kappa shape index (κ1) is 14.0. The largest absolute Gasteiger partial charge is 0.353 e. The van der Waals surface area contributed by atoms with Gasteiger partial charge in [-0.05, 0) is 31.4 Å². The Labute approximate surface area is 132 Å². The van der Waals surface area contributed by atoms with Crippen LogP contribution in [0, 0.1) is 6.92 Å². The third-order valence-electron chi connectivity index (χ3n) is 4.25. The molecule has 1 aromatic carbocycles. The van der Waals surface area contributed by atoms with Crippen molar-refractivity contribution in [2.45, 2.75) is 19.8 Å². The number of carbonyl (C=O) groups is 1. The molecule has 1 aliphatic carbocycles. The zero-order valence-corrected chi connectivity index (χ0v) is 13.1. The van der Waals surface area contributed by atoms with Crippen molar-refractivity contribution in [3.05, 3.63) is 50.6 Å². The summed E-state index contributed by atoms with van der Waals surface area (Å²) >= 11 is 0. The van der Waals surface area contributed by atoms with Gasteiger partial charge in [-0.2, -0.15) is 0 Å². The van der Waals surface area contributed by atoms with E-state index in [1.807, 2.05) is 25.1 Å². The molecular weight excluding hydrogens is 290 g/mol. The molecule has 1 amide bonds. The molecular formula is C18H17N3O2. The molecule has 2 heterocycles. The molecule has 0 radical (unpaired) electrons. The average molecular weight is 307 g/mol. The van der Waals surface area contributed by atoms with Crippen molar-refractivity contribution in [2.24, 2.45) is 4.99 Å². The van der Waals surface area contributed by atoms with Gasteiger partial charge in [-0.25, -0.2) is 4.99 Å². The molecule has 0 unspecified atom stereocenters. The Balaban J connectivity index is 2.08. The molecule has 0 saturated heterocycles. The van der Waals surface area contributed by atoms with Crippen molar-refractivity contribution in [3.63, 3.8) is 0 Å². The third kappa shape index (κ3) is 2.12. The highest BCUT2D eigenvalue weighted by atomic mass is 16.6. The van der Waals surface area contributed by atoms with Crippen LogP contribution >= 0.6 is 0 Å². The molecule has 1 aliphatic heterocycles. The highest BCUT2D eigenvalue weighted by Gasteiger charge is 2.24. The summed E-state index contributed by atoms with van der Waals surface area (Å²) in [5.41, 5.74) is 6.14. The summed E-state index contributed by atoms with van der Waals surface area (Å²) in [5, 5.41) is 3.66. The molecule has 2 aromatic rings. The van der Waals surface area contributed by atoms with Crippen molar-refractivity contribution >= 4 is 29.3 Å². The highest BCUT2D eigenvalue weighted by Crippen LogP contribution is 2.19. The lowest BCUT2D eigenvalue weighted by atomic mass is 10.1. The van der Waals surface area contributed by atoms with E-state index >= 15 is 0 Å². The van der Waals surface area contributed by atoms with E-state index in [2.05, 4.69) is 27.6 Å². The highest BCUT2D eigenvalue weighted by molar-refractivity contribution is 6.21. The molecule has 0 fully saturated rings. The summed E-state index contributed by atoms with van der Waals surface area (Å²) in [7, 11) is 1.57. The second kappa shape index (κ2) is 5.21. The summed E-state index contributed by atoms with van der Waals surface area (Å²) in [6.07, 6.45) is 6.27. The fourth-order valence-electron chi connectivity index (χ4n) is 3.23. The van der Waals surface area contributed by atoms with E-state index in [0.29, 0.717) is 5.57 Å². The molecule has 0 atom stereocenters. The number of anilines is 1. The van der Waals surface area contributed by atoms with Crippen molar-refractivity contribution in [1.29, 1.82) is 0 Å². The number of carbonyl (C=O) groups excluding carboxylic acids is 1.